The number of rotatable bonds is 3. The van der Waals surface area contributed by atoms with Gasteiger partial charge in [-0.3, -0.25) is 14.9 Å². The van der Waals surface area contributed by atoms with Gasteiger partial charge in [-0.15, -0.1) is 0 Å². The Bertz CT molecular complexity index is 1120. The number of carbonyl (C=O) groups is 1. The summed E-state index contributed by atoms with van der Waals surface area (Å²) in [6, 6.07) is 15.2. The van der Waals surface area contributed by atoms with E-state index in [0.717, 1.165) is 11.3 Å². The second-order valence-corrected chi connectivity index (χ2v) is 6.50. The molecular weight excluding hydrogens is 368 g/mol. The number of nitro benzene ring substituents is 1. The number of anilines is 1. The molecule has 0 unspecified atom stereocenters. The zero-order valence-corrected chi connectivity index (χ0v) is 14.9. The van der Waals surface area contributed by atoms with E-state index in [-0.39, 0.29) is 16.6 Å². The van der Waals surface area contributed by atoms with Gasteiger partial charge in [-0.25, -0.2) is 0 Å². The summed E-state index contributed by atoms with van der Waals surface area (Å²) in [5.74, 6) is 0.631. The maximum absolute atomic E-state index is 12.5. The predicted octanol–water partition coefficient (Wildman–Crippen LogP) is 5.03. The molecule has 7 heteroatoms. The van der Waals surface area contributed by atoms with Crippen molar-refractivity contribution in [3.63, 3.8) is 0 Å². The number of halogens is 1. The van der Waals surface area contributed by atoms with E-state index in [0.29, 0.717) is 22.7 Å². The van der Waals surface area contributed by atoms with Crippen LogP contribution in [0.1, 0.15) is 11.3 Å². The number of carbonyl (C=O) groups excluding carboxylic acids is 1. The topological polar surface area (TPSA) is 76.6 Å². The van der Waals surface area contributed by atoms with Gasteiger partial charge < -0.3 is 9.32 Å². The molecule has 1 aromatic heterocycles. The molecule has 1 aliphatic heterocycles. The molecule has 0 bridgehead atoms. The molecule has 1 aliphatic rings. The van der Waals surface area contributed by atoms with E-state index < -0.39 is 4.92 Å². The van der Waals surface area contributed by atoms with Gasteiger partial charge >= 0.3 is 0 Å². The highest BCUT2D eigenvalue weighted by Gasteiger charge is 2.29. The summed E-state index contributed by atoms with van der Waals surface area (Å²) in [5.41, 5.74) is 2.34. The molecule has 3 aromatic rings. The van der Waals surface area contributed by atoms with Gasteiger partial charge in [-0.1, -0.05) is 29.8 Å². The molecule has 2 heterocycles. The molecule has 0 aliphatic carbocycles. The monoisotopic (exact) mass is 380 g/mol. The fourth-order valence-corrected chi connectivity index (χ4v) is 3.29. The number of amides is 1. The average molecular weight is 381 g/mol. The number of nitro groups is 1. The van der Waals surface area contributed by atoms with Crippen molar-refractivity contribution >= 4 is 40.5 Å². The Hall–Kier alpha value is -3.38. The molecular formula is C20H13ClN2O4. The first-order valence-electron chi connectivity index (χ1n) is 8.09. The first-order valence-corrected chi connectivity index (χ1v) is 8.47. The summed E-state index contributed by atoms with van der Waals surface area (Å²) in [4.78, 5) is 24.9. The van der Waals surface area contributed by atoms with Crippen molar-refractivity contribution in [2.45, 2.75) is 0 Å². The maximum atomic E-state index is 12.5. The molecule has 0 N–H and O–H groups in total. The zero-order valence-electron chi connectivity index (χ0n) is 14.2. The highest BCUT2D eigenvalue weighted by atomic mass is 35.5. The Kier molecular flexibility index (Phi) is 4.05. The van der Waals surface area contributed by atoms with Crippen LogP contribution in [-0.2, 0) is 4.79 Å². The lowest BCUT2D eigenvalue weighted by molar-refractivity contribution is -0.384. The lowest BCUT2D eigenvalue weighted by Crippen LogP contribution is -2.20. The van der Waals surface area contributed by atoms with Crippen molar-refractivity contribution in [2.24, 2.45) is 0 Å². The smallest absolute Gasteiger partial charge is 0.281 e. The quantitative estimate of drug-likeness (QED) is 0.363. The van der Waals surface area contributed by atoms with Gasteiger partial charge in [-0.2, -0.15) is 0 Å². The van der Waals surface area contributed by atoms with E-state index in [1.165, 1.54) is 6.07 Å². The lowest BCUT2D eigenvalue weighted by atomic mass is 10.1. The van der Waals surface area contributed by atoms with E-state index in [4.69, 9.17) is 16.0 Å². The van der Waals surface area contributed by atoms with E-state index >= 15 is 0 Å². The first-order chi connectivity index (χ1) is 13.0. The third-order valence-electron chi connectivity index (χ3n) is 4.43. The van der Waals surface area contributed by atoms with Crippen molar-refractivity contribution in [3.8, 4) is 11.3 Å². The Balaban J connectivity index is 1.76. The van der Waals surface area contributed by atoms with E-state index in [1.54, 1.807) is 42.3 Å². The third kappa shape index (κ3) is 2.90. The van der Waals surface area contributed by atoms with Gasteiger partial charge in [0.05, 0.1) is 21.7 Å². The highest BCUT2D eigenvalue weighted by Crippen LogP contribution is 2.38. The lowest BCUT2D eigenvalue weighted by Gasteiger charge is -2.07. The van der Waals surface area contributed by atoms with Crippen molar-refractivity contribution in [3.05, 3.63) is 81.1 Å². The van der Waals surface area contributed by atoms with Crippen LogP contribution < -0.4 is 4.90 Å². The first kappa shape index (κ1) is 17.1. The summed E-state index contributed by atoms with van der Waals surface area (Å²) in [7, 11) is 1.71. The third-order valence-corrected chi connectivity index (χ3v) is 4.66. The minimum atomic E-state index is -0.506. The fourth-order valence-electron chi connectivity index (χ4n) is 3.12. The van der Waals surface area contributed by atoms with Crippen LogP contribution in [0.15, 0.2) is 59.0 Å². The molecule has 2 aromatic carbocycles. The number of para-hydroxylation sites is 1. The molecule has 0 atom stereocenters. The highest BCUT2D eigenvalue weighted by molar-refractivity contribution is 6.35. The number of likely N-dealkylation sites (N-methyl/N-ethyl adjacent to an activating group) is 1. The SMILES string of the molecule is CN1C(=O)/C(=C\c2ccc(-c3ccc(Cl)cc3[N+](=O)[O-])o2)c2ccccc21. The molecule has 1 amide bonds. The van der Waals surface area contributed by atoms with Crippen LogP contribution in [0.3, 0.4) is 0 Å². The largest absolute Gasteiger partial charge is 0.456 e. The number of furan rings is 1. The second kappa shape index (κ2) is 6.41. The molecule has 0 radical (unpaired) electrons. The summed E-state index contributed by atoms with van der Waals surface area (Å²) in [6.07, 6.45) is 1.65. The summed E-state index contributed by atoms with van der Waals surface area (Å²) >= 11 is 5.86. The summed E-state index contributed by atoms with van der Waals surface area (Å²) < 4.78 is 5.77. The van der Waals surface area contributed by atoms with Crippen LogP contribution in [0.4, 0.5) is 11.4 Å². The van der Waals surface area contributed by atoms with Crippen LogP contribution in [-0.4, -0.2) is 17.9 Å². The van der Waals surface area contributed by atoms with Crippen LogP contribution >= 0.6 is 11.6 Å². The standard InChI is InChI=1S/C20H13ClN2O4/c1-22-17-5-3-2-4-14(17)16(20(22)24)11-13-7-9-19(27-13)15-8-6-12(21)10-18(15)23(25)26/h2-11H,1H3/b16-11-. The van der Waals surface area contributed by atoms with Gasteiger partial charge in [-0.05, 0) is 36.4 Å². The molecule has 0 spiro atoms. The van der Waals surface area contributed by atoms with Crippen LogP contribution in [0.5, 0.6) is 0 Å². The van der Waals surface area contributed by atoms with Gasteiger partial charge in [0.25, 0.3) is 11.6 Å². The van der Waals surface area contributed by atoms with Crippen LogP contribution in [0.25, 0.3) is 23.0 Å². The van der Waals surface area contributed by atoms with Crippen LogP contribution in [0, 0.1) is 10.1 Å². The van der Waals surface area contributed by atoms with Crippen molar-refractivity contribution in [1.82, 2.24) is 0 Å². The number of nitrogens with zero attached hydrogens (tertiary/aromatic N) is 2. The predicted molar refractivity (Wildman–Crippen MR) is 104 cm³/mol. The average Bonchev–Trinajstić information content (AvgIpc) is 3.21. The molecule has 134 valence electrons. The van der Waals surface area contributed by atoms with Gasteiger partial charge in [0, 0.05) is 23.7 Å². The van der Waals surface area contributed by atoms with Crippen molar-refractivity contribution in [1.29, 1.82) is 0 Å². The molecule has 0 saturated carbocycles. The minimum Gasteiger partial charge on any atom is -0.456 e. The number of fused-ring (bicyclic) bond motifs is 1. The number of hydrogen-bond donors (Lipinski definition) is 0. The van der Waals surface area contributed by atoms with E-state index in [9.17, 15) is 14.9 Å². The van der Waals surface area contributed by atoms with Gasteiger partial charge in [0.1, 0.15) is 11.5 Å². The fraction of sp³-hybridized carbons (Fsp3) is 0.0500. The van der Waals surface area contributed by atoms with Crippen molar-refractivity contribution in [2.75, 3.05) is 11.9 Å². The molecule has 0 fully saturated rings. The zero-order chi connectivity index (χ0) is 19.1. The molecule has 4 rings (SSSR count). The Morgan fingerprint density at radius 2 is 1.89 bits per heavy atom. The molecule has 6 nitrogen and oxygen atoms in total. The summed E-state index contributed by atoms with van der Waals surface area (Å²) in [5, 5.41) is 11.6. The molecule has 27 heavy (non-hydrogen) atoms. The number of hydrogen-bond acceptors (Lipinski definition) is 4. The van der Waals surface area contributed by atoms with Gasteiger partial charge in [0.2, 0.25) is 0 Å². The Morgan fingerprint density at radius 3 is 2.67 bits per heavy atom. The minimum absolute atomic E-state index is 0.133. The van der Waals surface area contributed by atoms with E-state index in [1.807, 2.05) is 24.3 Å². The normalized spacial score (nSPS) is 14.7. The Labute approximate surface area is 159 Å². The van der Waals surface area contributed by atoms with Gasteiger partial charge in [0.15, 0.2) is 0 Å². The second-order valence-electron chi connectivity index (χ2n) is 6.06. The Morgan fingerprint density at radius 1 is 1.11 bits per heavy atom. The molecule has 0 saturated heterocycles. The van der Waals surface area contributed by atoms with Crippen molar-refractivity contribution < 1.29 is 14.1 Å². The number of benzene rings is 2. The maximum Gasteiger partial charge on any atom is 0.281 e. The van der Waals surface area contributed by atoms with E-state index in [2.05, 4.69) is 0 Å². The summed E-state index contributed by atoms with van der Waals surface area (Å²) in [6.45, 7) is 0. The van der Waals surface area contributed by atoms with Crippen LogP contribution in [0.2, 0.25) is 5.02 Å².